The third-order valence-electron chi connectivity index (χ3n) is 4.91. The van der Waals surface area contributed by atoms with E-state index in [1.165, 1.54) is 5.56 Å². The van der Waals surface area contributed by atoms with Crippen LogP contribution in [0.3, 0.4) is 0 Å². The van der Waals surface area contributed by atoms with Crippen LogP contribution in [0.4, 0.5) is 0 Å². The van der Waals surface area contributed by atoms with Crippen molar-refractivity contribution in [2.45, 2.75) is 32.2 Å². The molecule has 23 heavy (non-hydrogen) atoms. The Morgan fingerprint density at radius 3 is 2.39 bits per heavy atom. The average molecular weight is 315 g/mol. The minimum absolute atomic E-state index is 0.0280. The fourth-order valence-corrected chi connectivity index (χ4v) is 3.55. The fourth-order valence-electron chi connectivity index (χ4n) is 3.55. The van der Waals surface area contributed by atoms with Crippen molar-refractivity contribution in [2.75, 3.05) is 26.2 Å². The molecule has 2 N–H and O–H groups in total. The number of primary amides is 1. The van der Waals surface area contributed by atoms with E-state index in [0.29, 0.717) is 0 Å². The van der Waals surface area contributed by atoms with Gasteiger partial charge in [0.2, 0.25) is 5.91 Å². The Morgan fingerprint density at radius 2 is 1.74 bits per heavy atom. The van der Waals surface area contributed by atoms with Gasteiger partial charge in [0.1, 0.15) is 0 Å². The molecule has 5 heteroatoms. The molecule has 0 aromatic heterocycles. The quantitative estimate of drug-likeness (QED) is 0.918. The predicted octanol–water partition coefficient (Wildman–Crippen LogP) is 1.62. The van der Waals surface area contributed by atoms with Gasteiger partial charge in [-0.05, 0) is 49.9 Å². The minimum atomic E-state index is -0.193. The summed E-state index contributed by atoms with van der Waals surface area (Å²) in [4.78, 5) is 27.9. The lowest BCUT2D eigenvalue weighted by atomic mass is 9.97. The second-order valence-electron chi connectivity index (χ2n) is 6.67. The molecule has 2 aliphatic rings. The first-order chi connectivity index (χ1) is 11.1. The number of nitrogens with two attached hydrogens (primary N) is 1. The lowest BCUT2D eigenvalue weighted by Gasteiger charge is -2.31. The van der Waals surface area contributed by atoms with Gasteiger partial charge < -0.3 is 10.6 Å². The Labute approximate surface area is 137 Å². The number of nitrogens with zero attached hydrogens (tertiary/aromatic N) is 2. The molecule has 2 amide bonds. The lowest BCUT2D eigenvalue weighted by molar-refractivity contribution is -0.123. The minimum Gasteiger partial charge on any atom is -0.369 e. The van der Waals surface area contributed by atoms with Crippen LogP contribution in [-0.4, -0.2) is 47.8 Å². The first kappa shape index (κ1) is 16.0. The highest BCUT2D eigenvalue weighted by molar-refractivity contribution is 5.94. The molecule has 1 aromatic rings. The molecular weight excluding hydrogens is 290 g/mol. The van der Waals surface area contributed by atoms with E-state index < -0.39 is 0 Å². The summed E-state index contributed by atoms with van der Waals surface area (Å²) in [5, 5.41) is 0. The van der Waals surface area contributed by atoms with Crippen molar-refractivity contribution >= 4 is 11.8 Å². The second-order valence-corrected chi connectivity index (χ2v) is 6.67. The van der Waals surface area contributed by atoms with Crippen molar-refractivity contribution in [3.8, 4) is 0 Å². The third kappa shape index (κ3) is 3.91. The summed E-state index contributed by atoms with van der Waals surface area (Å²) < 4.78 is 0. The monoisotopic (exact) mass is 315 g/mol. The van der Waals surface area contributed by atoms with Gasteiger partial charge in [-0.3, -0.25) is 14.5 Å². The summed E-state index contributed by atoms with van der Waals surface area (Å²) in [7, 11) is 0. The van der Waals surface area contributed by atoms with Crippen molar-refractivity contribution < 1.29 is 9.59 Å². The van der Waals surface area contributed by atoms with E-state index in [1.807, 2.05) is 29.2 Å². The molecule has 0 saturated carbocycles. The topological polar surface area (TPSA) is 66.6 Å². The smallest absolute Gasteiger partial charge is 0.253 e. The van der Waals surface area contributed by atoms with E-state index in [-0.39, 0.29) is 17.7 Å². The van der Waals surface area contributed by atoms with Crippen molar-refractivity contribution in [1.29, 1.82) is 0 Å². The maximum atomic E-state index is 12.3. The van der Waals surface area contributed by atoms with Gasteiger partial charge in [0.25, 0.3) is 5.91 Å². The maximum Gasteiger partial charge on any atom is 0.253 e. The van der Waals surface area contributed by atoms with Gasteiger partial charge in [-0.2, -0.15) is 0 Å². The van der Waals surface area contributed by atoms with Gasteiger partial charge in [-0.1, -0.05) is 12.1 Å². The number of carbonyl (C=O) groups excluding carboxylic acids is 2. The van der Waals surface area contributed by atoms with E-state index in [0.717, 1.165) is 64.0 Å². The summed E-state index contributed by atoms with van der Waals surface area (Å²) in [6.07, 6.45) is 4.13. The number of piperidine rings is 1. The average Bonchev–Trinajstić information content (AvgIpc) is 3.09. The molecule has 2 fully saturated rings. The molecule has 0 aliphatic carbocycles. The normalized spacial score (nSPS) is 22.3. The predicted molar refractivity (Wildman–Crippen MR) is 88.8 cm³/mol. The zero-order chi connectivity index (χ0) is 16.2. The number of carbonyl (C=O) groups is 2. The molecule has 1 aromatic carbocycles. The number of likely N-dealkylation sites (tertiary alicyclic amines) is 2. The van der Waals surface area contributed by atoms with E-state index in [1.54, 1.807) is 0 Å². The molecule has 2 saturated heterocycles. The molecule has 124 valence electrons. The van der Waals surface area contributed by atoms with Crippen LogP contribution in [0.25, 0.3) is 0 Å². The van der Waals surface area contributed by atoms with Crippen LogP contribution in [-0.2, 0) is 11.3 Å². The fraction of sp³-hybridized carbons (Fsp3) is 0.556. The molecule has 5 nitrogen and oxygen atoms in total. The summed E-state index contributed by atoms with van der Waals surface area (Å²) in [5.41, 5.74) is 7.37. The van der Waals surface area contributed by atoms with E-state index in [2.05, 4.69) is 4.90 Å². The highest BCUT2D eigenvalue weighted by atomic mass is 16.2. The first-order valence-electron chi connectivity index (χ1n) is 8.53. The van der Waals surface area contributed by atoms with Crippen LogP contribution in [0.2, 0.25) is 0 Å². The van der Waals surface area contributed by atoms with Gasteiger partial charge in [0.05, 0.1) is 5.92 Å². The summed E-state index contributed by atoms with van der Waals surface area (Å²) in [6.45, 7) is 4.30. The maximum absolute atomic E-state index is 12.3. The zero-order valence-electron chi connectivity index (χ0n) is 13.5. The summed E-state index contributed by atoms with van der Waals surface area (Å²) >= 11 is 0. The molecule has 3 rings (SSSR count). The van der Waals surface area contributed by atoms with Crippen molar-refractivity contribution in [3.05, 3.63) is 35.4 Å². The van der Waals surface area contributed by atoms with E-state index in [9.17, 15) is 9.59 Å². The van der Waals surface area contributed by atoms with Crippen LogP contribution in [0, 0.1) is 5.92 Å². The van der Waals surface area contributed by atoms with Gasteiger partial charge in [0, 0.05) is 31.7 Å². The molecular formula is C18H25N3O2. The lowest BCUT2D eigenvalue weighted by Crippen LogP contribution is -2.40. The first-order valence-corrected chi connectivity index (χ1v) is 8.53. The summed E-state index contributed by atoms with van der Waals surface area (Å²) in [6, 6.07) is 7.89. The van der Waals surface area contributed by atoms with Gasteiger partial charge in [0.15, 0.2) is 0 Å². The molecule has 1 atom stereocenters. The molecule has 1 unspecified atom stereocenters. The highest BCUT2D eigenvalue weighted by Crippen LogP contribution is 2.19. The van der Waals surface area contributed by atoms with Crippen LogP contribution >= 0.6 is 0 Å². The second kappa shape index (κ2) is 7.13. The van der Waals surface area contributed by atoms with Crippen LogP contribution in [0.5, 0.6) is 0 Å². The Hall–Kier alpha value is -1.88. The Kier molecular flexibility index (Phi) is 4.96. The van der Waals surface area contributed by atoms with Gasteiger partial charge in [-0.25, -0.2) is 0 Å². The molecule has 2 aliphatic heterocycles. The van der Waals surface area contributed by atoms with Crippen molar-refractivity contribution in [2.24, 2.45) is 11.7 Å². The number of rotatable bonds is 4. The highest BCUT2D eigenvalue weighted by Gasteiger charge is 2.24. The van der Waals surface area contributed by atoms with Gasteiger partial charge >= 0.3 is 0 Å². The Balaban J connectivity index is 1.59. The van der Waals surface area contributed by atoms with Crippen molar-refractivity contribution in [1.82, 2.24) is 9.80 Å². The standard InChI is InChI=1S/C18H25N3O2/c19-17(22)16-4-3-9-20(13-16)12-14-5-7-15(8-6-14)18(23)21-10-1-2-11-21/h5-8,16H,1-4,9-13H2,(H2,19,22). The molecule has 0 bridgehead atoms. The van der Waals surface area contributed by atoms with Crippen LogP contribution < -0.4 is 5.73 Å². The van der Waals surface area contributed by atoms with Crippen LogP contribution in [0.1, 0.15) is 41.6 Å². The number of hydrogen-bond donors (Lipinski definition) is 1. The number of benzene rings is 1. The molecule has 0 radical (unpaired) electrons. The molecule has 0 spiro atoms. The SMILES string of the molecule is NC(=O)C1CCCN(Cc2ccc(C(=O)N3CCCC3)cc2)C1. The number of amides is 2. The largest absolute Gasteiger partial charge is 0.369 e. The van der Waals surface area contributed by atoms with E-state index in [4.69, 9.17) is 5.73 Å². The van der Waals surface area contributed by atoms with E-state index >= 15 is 0 Å². The zero-order valence-corrected chi connectivity index (χ0v) is 13.5. The molecule has 2 heterocycles. The Morgan fingerprint density at radius 1 is 1.04 bits per heavy atom. The third-order valence-corrected chi connectivity index (χ3v) is 4.91. The number of hydrogen-bond acceptors (Lipinski definition) is 3. The van der Waals surface area contributed by atoms with Crippen molar-refractivity contribution in [3.63, 3.8) is 0 Å². The Bertz CT molecular complexity index is 564. The van der Waals surface area contributed by atoms with Gasteiger partial charge in [-0.15, -0.1) is 0 Å². The van der Waals surface area contributed by atoms with Crippen LogP contribution in [0.15, 0.2) is 24.3 Å². The summed E-state index contributed by atoms with van der Waals surface area (Å²) in [5.74, 6) is -0.0816.